The van der Waals surface area contributed by atoms with Crippen LogP contribution in [0.4, 0.5) is 10.1 Å². The molecular formula is C16H21FN2O. The summed E-state index contributed by atoms with van der Waals surface area (Å²) in [5.74, 6) is -0.0729. The number of anilines is 1. The maximum absolute atomic E-state index is 14.0. The first-order valence-corrected chi connectivity index (χ1v) is 7.44. The van der Waals surface area contributed by atoms with E-state index in [0.717, 1.165) is 12.2 Å². The fraction of sp³-hybridized carbons (Fsp3) is 0.562. The molecule has 1 aromatic carbocycles. The minimum Gasteiger partial charge on any atom is -0.373 e. The number of carbonyl (C=O) groups excluding carboxylic acids is 1. The van der Waals surface area contributed by atoms with Gasteiger partial charge in [-0.2, -0.15) is 0 Å². The third-order valence-corrected chi connectivity index (χ3v) is 4.60. The van der Waals surface area contributed by atoms with Gasteiger partial charge in [-0.3, -0.25) is 4.79 Å². The molecule has 1 N–H and O–H groups in total. The number of benzene rings is 1. The van der Waals surface area contributed by atoms with Crippen LogP contribution in [0.15, 0.2) is 18.2 Å². The first-order chi connectivity index (χ1) is 9.66. The van der Waals surface area contributed by atoms with E-state index in [2.05, 4.69) is 5.32 Å². The summed E-state index contributed by atoms with van der Waals surface area (Å²) in [6, 6.07) is 5.02. The first-order valence-electron chi connectivity index (χ1n) is 7.44. The van der Waals surface area contributed by atoms with Crippen molar-refractivity contribution < 1.29 is 9.18 Å². The number of halogens is 1. The Morgan fingerprint density at radius 2 is 2.15 bits per heavy atom. The zero-order valence-corrected chi connectivity index (χ0v) is 11.9. The highest BCUT2D eigenvalue weighted by Gasteiger charge is 2.34. The zero-order valence-electron chi connectivity index (χ0n) is 11.9. The molecule has 4 heteroatoms. The van der Waals surface area contributed by atoms with Crippen LogP contribution in [0.5, 0.6) is 0 Å². The number of nitrogens with zero attached hydrogens (tertiary/aromatic N) is 1. The molecule has 1 aliphatic heterocycles. The minimum atomic E-state index is -0.377. The predicted molar refractivity (Wildman–Crippen MR) is 77.4 cm³/mol. The van der Waals surface area contributed by atoms with Crippen molar-refractivity contribution in [3.8, 4) is 0 Å². The van der Waals surface area contributed by atoms with Crippen LogP contribution in [0.2, 0.25) is 0 Å². The largest absolute Gasteiger partial charge is 0.373 e. The summed E-state index contributed by atoms with van der Waals surface area (Å²) in [5.41, 5.74) is 1.39. The highest BCUT2D eigenvalue weighted by Crippen LogP contribution is 2.37. The first kappa shape index (κ1) is 13.4. The van der Waals surface area contributed by atoms with Gasteiger partial charge in [0.2, 0.25) is 5.91 Å². The summed E-state index contributed by atoms with van der Waals surface area (Å²) in [7, 11) is 1.91. The van der Waals surface area contributed by atoms with Crippen LogP contribution < -0.4 is 10.2 Å². The lowest BCUT2D eigenvalue weighted by atomic mass is 9.99. The van der Waals surface area contributed by atoms with E-state index in [-0.39, 0.29) is 17.6 Å². The van der Waals surface area contributed by atoms with Gasteiger partial charge in [0.15, 0.2) is 0 Å². The van der Waals surface area contributed by atoms with E-state index in [0.29, 0.717) is 18.0 Å². The smallest absolute Gasteiger partial charge is 0.229 e. The predicted octanol–water partition coefficient (Wildman–Crippen LogP) is 2.67. The van der Waals surface area contributed by atoms with Crippen molar-refractivity contribution in [2.45, 2.75) is 31.6 Å². The second-order valence-electron chi connectivity index (χ2n) is 6.00. The highest BCUT2D eigenvalue weighted by molar-refractivity contribution is 5.88. The van der Waals surface area contributed by atoms with Gasteiger partial charge in [-0.25, -0.2) is 4.39 Å². The molecule has 3 rings (SSSR count). The molecule has 1 aliphatic carbocycles. The summed E-state index contributed by atoms with van der Waals surface area (Å²) in [5, 5.41) is 3.02. The number of likely N-dealkylation sites (N-methyl/N-ethyl adjacent to an activating group) is 1. The molecule has 0 bridgehead atoms. The van der Waals surface area contributed by atoms with Crippen LogP contribution >= 0.6 is 0 Å². The van der Waals surface area contributed by atoms with E-state index < -0.39 is 0 Å². The molecule has 0 saturated heterocycles. The molecule has 108 valence electrons. The molecule has 0 radical (unpaired) electrons. The maximum Gasteiger partial charge on any atom is 0.229 e. The third kappa shape index (κ3) is 2.39. The van der Waals surface area contributed by atoms with Gasteiger partial charge < -0.3 is 10.2 Å². The van der Waals surface area contributed by atoms with Crippen LogP contribution in [-0.4, -0.2) is 26.0 Å². The molecule has 2 aliphatic rings. The van der Waals surface area contributed by atoms with Gasteiger partial charge in [0.25, 0.3) is 0 Å². The van der Waals surface area contributed by atoms with Gasteiger partial charge in [0.1, 0.15) is 5.82 Å². The van der Waals surface area contributed by atoms with E-state index in [4.69, 9.17) is 0 Å². The van der Waals surface area contributed by atoms with E-state index in [1.165, 1.54) is 31.7 Å². The number of nitrogens with one attached hydrogen (secondary N) is 1. The van der Waals surface area contributed by atoms with Crippen LogP contribution in [-0.2, 0) is 4.79 Å². The average molecular weight is 276 g/mol. The Morgan fingerprint density at radius 1 is 1.40 bits per heavy atom. The Bertz CT molecular complexity index is 511. The summed E-state index contributed by atoms with van der Waals surface area (Å²) in [6.07, 6.45) is 4.94. The van der Waals surface area contributed by atoms with Gasteiger partial charge >= 0.3 is 0 Å². The van der Waals surface area contributed by atoms with Crippen molar-refractivity contribution in [1.82, 2.24) is 5.32 Å². The normalized spacial score (nSPS) is 22.1. The second-order valence-corrected chi connectivity index (χ2v) is 6.00. The number of hydrogen-bond donors (Lipinski definition) is 1. The Hall–Kier alpha value is -1.58. The molecule has 1 aromatic rings. The number of hydrogen-bond acceptors (Lipinski definition) is 2. The van der Waals surface area contributed by atoms with Gasteiger partial charge in [-0.1, -0.05) is 18.9 Å². The molecule has 1 fully saturated rings. The van der Waals surface area contributed by atoms with Crippen LogP contribution in [0.1, 0.15) is 37.2 Å². The average Bonchev–Trinajstić information content (AvgIpc) is 3.05. The van der Waals surface area contributed by atoms with Crippen molar-refractivity contribution in [1.29, 1.82) is 0 Å². The fourth-order valence-corrected chi connectivity index (χ4v) is 3.46. The van der Waals surface area contributed by atoms with Crippen LogP contribution in [0.25, 0.3) is 0 Å². The van der Waals surface area contributed by atoms with Crippen molar-refractivity contribution in [3.63, 3.8) is 0 Å². The second kappa shape index (κ2) is 5.43. The lowest BCUT2D eigenvalue weighted by molar-refractivity contribution is -0.122. The highest BCUT2D eigenvalue weighted by atomic mass is 19.1. The number of fused-ring (bicyclic) bond motifs is 1. The summed E-state index contributed by atoms with van der Waals surface area (Å²) in [4.78, 5) is 14.3. The van der Waals surface area contributed by atoms with Crippen LogP contribution in [0.3, 0.4) is 0 Å². The Morgan fingerprint density at radius 3 is 2.90 bits per heavy atom. The van der Waals surface area contributed by atoms with Crippen molar-refractivity contribution in [2.24, 2.45) is 5.92 Å². The lowest BCUT2D eigenvalue weighted by Gasteiger charge is -2.15. The van der Waals surface area contributed by atoms with Gasteiger partial charge in [-0.15, -0.1) is 0 Å². The minimum absolute atomic E-state index is 0.0346. The van der Waals surface area contributed by atoms with Gasteiger partial charge in [-0.05, 0) is 30.9 Å². The Balaban J connectivity index is 1.70. The number of carbonyl (C=O) groups is 1. The summed E-state index contributed by atoms with van der Waals surface area (Å²) < 4.78 is 14.0. The quantitative estimate of drug-likeness (QED) is 0.920. The van der Waals surface area contributed by atoms with Gasteiger partial charge in [0.05, 0.1) is 5.92 Å². The van der Waals surface area contributed by atoms with Crippen molar-refractivity contribution >= 4 is 11.6 Å². The zero-order chi connectivity index (χ0) is 14.1. The molecule has 3 nitrogen and oxygen atoms in total. The molecule has 1 atom stereocenters. The maximum atomic E-state index is 14.0. The van der Waals surface area contributed by atoms with Crippen molar-refractivity contribution in [3.05, 3.63) is 29.6 Å². The van der Waals surface area contributed by atoms with Crippen molar-refractivity contribution in [2.75, 3.05) is 25.0 Å². The van der Waals surface area contributed by atoms with E-state index in [1.54, 1.807) is 6.07 Å². The Kier molecular flexibility index (Phi) is 3.64. The van der Waals surface area contributed by atoms with E-state index >= 15 is 0 Å². The molecule has 1 unspecified atom stereocenters. The molecule has 1 heterocycles. The number of amides is 1. The fourth-order valence-electron chi connectivity index (χ4n) is 3.46. The molecule has 1 saturated carbocycles. The summed E-state index contributed by atoms with van der Waals surface area (Å²) >= 11 is 0. The lowest BCUT2D eigenvalue weighted by Crippen LogP contribution is -2.34. The summed E-state index contributed by atoms with van der Waals surface area (Å²) in [6.45, 7) is 1.30. The molecule has 1 amide bonds. The SMILES string of the molecule is CN1CC(C(=O)NCC2CCCC2)c2c(F)cccc21. The molecule has 0 aromatic heterocycles. The molecular weight excluding hydrogens is 255 g/mol. The standard InChI is InChI=1S/C16H21FN2O/c1-19-10-12(15-13(17)7-4-8-14(15)19)16(20)18-9-11-5-2-3-6-11/h4,7-8,11-12H,2-3,5-6,9-10H2,1H3,(H,18,20). The van der Waals surface area contributed by atoms with E-state index in [9.17, 15) is 9.18 Å². The number of rotatable bonds is 3. The third-order valence-electron chi connectivity index (χ3n) is 4.60. The van der Waals surface area contributed by atoms with Gasteiger partial charge in [0, 0.05) is 31.4 Å². The molecule has 20 heavy (non-hydrogen) atoms. The van der Waals surface area contributed by atoms with E-state index in [1.807, 2.05) is 18.0 Å². The molecule has 0 spiro atoms. The Labute approximate surface area is 119 Å². The topological polar surface area (TPSA) is 32.3 Å². The van der Waals surface area contributed by atoms with Crippen LogP contribution in [0, 0.1) is 11.7 Å². The monoisotopic (exact) mass is 276 g/mol.